The number of pyridine rings is 1. The number of hydrogen-bond acceptors (Lipinski definition) is 5. The van der Waals surface area contributed by atoms with Crippen molar-refractivity contribution < 1.29 is 19.1 Å². The van der Waals surface area contributed by atoms with Crippen molar-refractivity contribution in [3.8, 4) is 0 Å². The third-order valence-corrected chi connectivity index (χ3v) is 2.74. The number of rotatable bonds is 4. The number of halogens is 1. The lowest BCUT2D eigenvalue weighted by molar-refractivity contribution is -0.142. The molecule has 0 aliphatic rings. The van der Waals surface area contributed by atoms with Crippen molar-refractivity contribution in [1.82, 2.24) is 9.88 Å². The Morgan fingerprint density at radius 1 is 1.38 bits per heavy atom. The van der Waals surface area contributed by atoms with Crippen LogP contribution in [0.25, 0.3) is 0 Å². The first-order chi connectivity index (χ1) is 9.73. The third-order valence-electron chi connectivity index (χ3n) is 2.40. The van der Waals surface area contributed by atoms with Gasteiger partial charge in [0.05, 0.1) is 13.7 Å². The van der Waals surface area contributed by atoms with E-state index in [1.165, 1.54) is 12.0 Å². The lowest BCUT2D eigenvalue weighted by Gasteiger charge is -2.26. The van der Waals surface area contributed by atoms with E-state index in [1.807, 2.05) is 0 Å². The fraction of sp³-hybridized carbons (Fsp3) is 0.500. The van der Waals surface area contributed by atoms with Crippen LogP contribution in [0.4, 0.5) is 4.79 Å². The first kappa shape index (κ1) is 17.2. The van der Waals surface area contributed by atoms with Gasteiger partial charge >= 0.3 is 12.1 Å². The van der Waals surface area contributed by atoms with Gasteiger partial charge in [-0.25, -0.2) is 9.78 Å². The summed E-state index contributed by atoms with van der Waals surface area (Å²) in [6.07, 6.45) is 0.928. The molecule has 1 aromatic heterocycles. The summed E-state index contributed by atoms with van der Waals surface area (Å²) in [5.41, 5.74) is -0.0431. The Morgan fingerprint density at radius 3 is 2.57 bits per heavy atom. The van der Waals surface area contributed by atoms with Gasteiger partial charge in [0, 0.05) is 11.8 Å². The van der Waals surface area contributed by atoms with Crippen LogP contribution < -0.4 is 0 Å². The van der Waals surface area contributed by atoms with Crippen LogP contribution >= 0.6 is 11.6 Å². The molecule has 0 spiro atoms. The molecule has 1 rings (SSSR count). The topological polar surface area (TPSA) is 68.7 Å². The van der Waals surface area contributed by atoms with E-state index in [4.69, 9.17) is 16.3 Å². The lowest BCUT2D eigenvalue weighted by Crippen LogP contribution is -2.39. The average molecular weight is 315 g/mol. The van der Waals surface area contributed by atoms with Crippen LogP contribution in [0.2, 0.25) is 5.15 Å². The highest BCUT2D eigenvalue weighted by Gasteiger charge is 2.25. The standard InChI is InChI=1S/C14H19ClN2O4/c1-14(2,3)21-13(19)17(9-11(18)20-4)8-10-6-5-7-16-12(10)15/h5-7H,8-9H2,1-4H3. The molecule has 0 atom stereocenters. The monoisotopic (exact) mass is 314 g/mol. The minimum absolute atomic E-state index is 0.108. The van der Waals surface area contributed by atoms with Crippen LogP contribution in [0.5, 0.6) is 0 Å². The summed E-state index contributed by atoms with van der Waals surface area (Å²) in [5.74, 6) is -0.541. The summed E-state index contributed by atoms with van der Waals surface area (Å²) >= 11 is 5.97. The van der Waals surface area contributed by atoms with Gasteiger partial charge in [0.1, 0.15) is 17.3 Å². The van der Waals surface area contributed by atoms with E-state index < -0.39 is 17.7 Å². The number of carbonyl (C=O) groups excluding carboxylic acids is 2. The molecule has 0 radical (unpaired) electrons. The molecule has 0 unspecified atom stereocenters. The average Bonchev–Trinajstić information content (AvgIpc) is 2.38. The largest absolute Gasteiger partial charge is 0.468 e. The van der Waals surface area contributed by atoms with E-state index in [-0.39, 0.29) is 18.2 Å². The normalized spacial score (nSPS) is 10.9. The second-order valence-corrected chi connectivity index (χ2v) is 5.72. The summed E-state index contributed by atoms with van der Waals surface area (Å²) in [7, 11) is 1.26. The van der Waals surface area contributed by atoms with Gasteiger partial charge < -0.3 is 9.47 Å². The van der Waals surface area contributed by atoms with Gasteiger partial charge in [-0.3, -0.25) is 9.69 Å². The number of amides is 1. The molecule has 0 aromatic carbocycles. The molecular weight excluding hydrogens is 296 g/mol. The molecule has 0 bridgehead atoms. The summed E-state index contributed by atoms with van der Waals surface area (Å²) in [5, 5.41) is 0.274. The predicted molar refractivity (Wildman–Crippen MR) is 77.9 cm³/mol. The molecule has 0 fully saturated rings. The van der Waals surface area contributed by atoms with Crippen molar-refractivity contribution in [3.63, 3.8) is 0 Å². The highest BCUT2D eigenvalue weighted by Crippen LogP contribution is 2.17. The summed E-state index contributed by atoms with van der Waals surface area (Å²) in [6, 6.07) is 3.43. The molecule has 1 aromatic rings. The summed E-state index contributed by atoms with van der Waals surface area (Å²) in [4.78, 5) is 28.8. The molecular formula is C14H19ClN2O4. The van der Waals surface area contributed by atoms with Gasteiger partial charge in [-0.15, -0.1) is 0 Å². The zero-order valence-electron chi connectivity index (χ0n) is 12.6. The Kier molecular flexibility index (Phi) is 5.96. The van der Waals surface area contributed by atoms with E-state index in [1.54, 1.807) is 39.1 Å². The zero-order chi connectivity index (χ0) is 16.0. The molecule has 1 heterocycles. The first-order valence-electron chi connectivity index (χ1n) is 6.37. The van der Waals surface area contributed by atoms with Crippen LogP contribution in [0.1, 0.15) is 26.3 Å². The molecule has 0 aliphatic heterocycles. The molecule has 0 saturated carbocycles. The fourth-order valence-corrected chi connectivity index (χ4v) is 1.65. The highest BCUT2D eigenvalue weighted by atomic mass is 35.5. The van der Waals surface area contributed by atoms with Crippen molar-refractivity contribution in [2.24, 2.45) is 0 Å². The molecule has 21 heavy (non-hydrogen) atoms. The van der Waals surface area contributed by atoms with Crippen LogP contribution in [0.15, 0.2) is 18.3 Å². The van der Waals surface area contributed by atoms with Crippen LogP contribution in [0.3, 0.4) is 0 Å². The summed E-state index contributed by atoms with van der Waals surface area (Å²) in [6.45, 7) is 5.13. The van der Waals surface area contributed by atoms with E-state index >= 15 is 0 Å². The Labute approximate surface area is 129 Å². The number of hydrogen-bond donors (Lipinski definition) is 0. The van der Waals surface area contributed by atoms with Gasteiger partial charge in [-0.05, 0) is 26.8 Å². The molecule has 0 aliphatic carbocycles. The summed E-state index contributed by atoms with van der Waals surface area (Å²) < 4.78 is 9.86. The first-order valence-corrected chi connectivity index (χ1v) is 6.75. The van der Waals surface area contributed by atoms with Crippen molar-refractivity contribution in [3.05, 3.63) is 29.0 Å². The minimum Gasteiger partial charge on any atom is -0.468 e. The smallest absolute Gasteiger partial charge is 0.411 e. The van der Waals surface area contributed by atoms with Crippen molar-refractivity contribution in [2.75, 3.05) is 13.7 Å². The maximum absolute atomic E-state index is 12.2. The van der Waals surface area contributed by atoms with E-state index in [0.29, 0.717) is 5.56 Å². The van der Waals surface area contributed by atoms with Gasteiger partial charge in [0.15, 0.2) is 0 Å². The second kappa shape index (κ2) is 7.26. The Hall–Kier alpha value is -1.82. The van der Waals surface area contributed by atoms with Gasteiger partial charge in [-0.2, -0.15) is 0 Å². The van der Waals surface area contributed by atoms with Crippen molar-refractivity contribution >= 4 is 23.7 Å². The number of methoxy groups -OCH3 is 1. The second-order valence-electron chi connectivity index (χ2n) is 5.37. The fourth-order valence-electron chi connectivity index (χ4n) is 1.47. The molecule has 0 saturated heterocycles. The van der Waals surface area contributed by atoms with Crippen molar-refractivity contribution in [1.29, 1.82) is 0 Å². The quantitative estimate of drug-likeness (QED) is 0.631. The zero-order valence-corrected chi connectivity index (χ0v) is 13.3. The maximum Gasteiger partial charge on any atom is 0.411 e. The number of aromatic nitrogens is 1. The molecule has 1 amide bonds. The molecule has 0 N–H and O–H groups in total. The van der Waals surface area contributed by atoms with E-state index in [9.17, 15) is 9.59 Å². The van der Waals surface area contributed by atoms with Crippen LogP contribution in [0, 0.1) is 0 Å². The van der Waals surface area contributed by atoms with Gasteiger partial charge in [0.2, 0.25) is 0 Å². The predicted octanol–water partition coefficient (Wildman–Crippen LogP) is 2.65. The molecule has 116 valence electrons. The van der Waals surface area contributed by atoms with Gasteiger partial charge in [-0.1, -0.05) is 17.7 Å². The minimum atomic E-state index is -0.663. The Balaban J connectivity index is 2.89. The SMILES string of the molecule is COC(=O)CN(Cc1cccnc1Cl)C(=O)OC(C)(C)C. The van der Waals surface area contributed by atoms with E-state index in [2.05, 4.69) is 9.72 Å². The lowest BCUT2D eigenvalue weighted by atomic mass is 10.2. The van der Waals surface area contributed by atoms with E-state index in [0.717, 1.165) is 0 Å². The maximum atomic E-state index is 12.2. The number of carbonyl (C=O) groups is 2. The number of ether oxygens (including phenoxy) is 2. The van der Waals surface area contributed by atoms with Crippen LogP contribution in [-0.4, -0.2) is 41.2 Å². The molecule has 6 nitrogen and oxygen atoms in total. The Bertz CT molecular complexity index is 514. The van der Waals surface area contributed by atoms with Crippen molar-refractivity contribution in [2.45, 2.75) is 32.9 Å². The Morgan fingerprint density at radius 2 is 2.05 bits per heavy atom. The van der Waals surface area contributed by atoms with Crippen LogP contribution in [-0.2, 0) is 20.8 Å². The molecule has 7 heteroatoms. The highest BCUT2D eigenvalue weighted by molar-refractivity contribution is 6.30. The third kappa shape index (κ3) is 5.99. The van der Waals surface area contributed by atoms with Gasteiger partial charge in [0.25, 0.3) is 0 Å². The number of nitrogens with zero attached hydrogens (tertiary/aromatic N) is 2. The number of esters is 1.